The molecule has 0 bridgehead atoms. The third kappa shape index (κ3) is 2.94. The third-order valence-electron chi connectivity index (χ3n) is 4.36. The number of hydrogen-bond donors (Lipinski definition) is 2. The first-order chi connectivity index (χ1) is 11.8. The normalized spacial score (nSPS) is 18.9. The first kappa shape index (κ1) is 17.6. The summed E-state index contributed by atoms with van der Waals surface area (Å²) in [4.78, 5) is 26.3. The first-order valence-electron chi connectivity index (χ1n) is 7.55. The molecule has 1 aromatic heterocycles. The molecule has 3 rings (SSSR count). The van der Waals surface area contributed by atoms with Gasteiger partial charge in [-0.2, -0.15) is 0 Å². The van der Waals surface area contributed by atoms with Gasteiger partial charge in [0.05, 0.1) is 23.4 Å². The Morgan fingerprint density at radius 1 is 1.32 bits per heavy atom. The summed E-state index contributed by atoms with van der Waals surface area (Å²) in [6, 6.07) is 5.97. The van der Waals surface area contributed by atoms with Crippen LogP contribution in [0.25, 0.3) is 0 Å². The highest BCUT2D eigenvalue weighted by Crippen LogP contribution is 2.49. The molecule has 25 heavy (non-hydrogen) atoms. The molecule has 0 saturated carbocycles. The second kappa shape index (κ2) is 6.57. The van der Waals surface area contributed by atoms with E-state index < -0.39 is 17.9 Å². The molecule has 132 valence electrons. The van der Waals surface area contributed by atoms with Gasteiger partial charge in [-0.3, -0.25) is 9.59 Å². The van der Waals surface area contributed by atoms with Crippen LogP contribution in [0.5, 0.6) is 10.8 Å². The molecule has 0 radical (unpaired) electrons. The summed E-state index contributed by atoms with van der Waals surface area (Å²) in [5.74, 6) is -1.88. The standard InChI is InChI=1S/C17H16ClNO5S/c1-8-9(7-13(21)22)15-10(3-4-11(20)16(15)18)19(8)17(23)12-5-6-14(24-2)25-12/h3-6,8-9,20H,7H2,1-2H3,(H,21,22). The number of carbonyl (C=O) groups excluding carboxylic acids is 1. The molecule has 0 fully saturated rings. The number of halogens is 1. The number of carboxylic acids is 1. The number of phenolic OH excluding ortho intramolecular Hbond substituents is 1. The Balaban J connectivity index is 2.08. The fourth-order valence-corrected chi connectivity index (χ4v) is 4.25. The van der Waals surface area contributed by atoms with Gasteiger partial charge in [-0.15, -0.1) is 0 Å². The lowest BCUT2D eigenvalue weighted by molar-refractivity contribution is -0.137. The molecule has 8 heteroatoms. The van der Waals surface area contributed by atoms with Crippen LogP contribution in [0.4, 0.5) is 5.69 Å². The fourth-order valence-electron chi connectivity index (χ4n) is 3.19. The molecule has 0 spiro atoms. The van der Waals surface area contributed by atoms with Crippen LogP contribution in [-0.2, 0) is 4.79 Å². The van der Waals surface area contributed by atoms with E-state index in [4.69, 9.17) is 16.3 Å². The highest BCUT2D eigenvalue weighted by atomic mass is 35.5. The van der Waals surface area contributed by atoms with Gasteiger partial charge in [0.15, 0.2) is 5.06 Å². The average molecular weight is 382 g/mol. The minimum absolute atomic E-state index is 0.0923. The number of nitrogens with zero attached hydrogens (tertiary/aromatic N) is 1. The van der Waals surface area contributed by atoms with Crippen molar-refractivity contribution in [1.29, 1.82) is 0 Å². The smallest absolute Gasteiger partial charge is 0.304 e. The third-order valence-corrected chi connectivity index (χ3v) is 5.79. The monoisotopic (exact) mass is 381 g/mol. The molecule has 0 aliphatic carbocycles. The number of amides is 1. The zero-order valence-electron chi connectivity index (χ0n) is 13.5. The molecule has 1 amide bonds. The first-order valence-corrected chi connectivity index (χ1v) is 8.75. The zero-order chi connectivity index (χ0) is 18.3. The summed E-state index contributed by atoms with van der Waals surface area (Å²) >= 11 is 7.44. The number of aliphatic carboxylic acids is 1. The molecule has 1 aromatic carbocycles. The van der Waals surface area contributed by atoms with Crippen molar-refractivity contribution in [3.05, 3.63) is 39.7 Å². The van der Waals surface area contributed by atoms with E-state index in [0.717, 1.165) is 0 Å². The Morgan fingerprint density at radius 2 is 2.04 bits per heavy atom. The molecule has 2 aromatic rings. The minimum Gasteiger partial charge on any atom is -0.506 e. The Morgan fingerprint density at radius 3 is 2.64 bits per heavy atom. The number of hydrogen-bond acceptors (Lipinski definition) is 5. The quantitative estimate of drug-likeness (QED) is 0.842. The van der Waals surface area contributed by atoms with Crippen molar-refractivity contribution in [2.75, 3.05) is 12.0 Å². The van der Waals surface area contributed by atoms with Gasteiger partial charge in [0, 0.05) is 23.2 Å². The Bertz CT molecular complexity index is 850. The summed E-state index contributed by atoms with van der Waals surface area (Å²) in [6.07, 6.45) is -0.186. The fraction of sp³-hybridized carbons (Fsp3) is 0.294. The Labute approximate surface area is 153 Å². The van der Waals surface area contributed by atoms with Crippen molar-refractivity contribution in [2.45, 2.75) is 25.3 Å². The number of rotatable bonds is 4. The number of anilines is 1. The van der Waals surface area contributed by atoms with Gasteiger partial charge in [0.1, 0.15) is 5.75 Å². The van der Waals surface area contributed by atoms with Crippen LogP contribution in [0.3, 0.4) is 0 Å². The van der Waals surface area contributed by atoms with Gasteiger partial charge >= 0.3 is 5.97 Å². The average Bonchev–Trinajstić information content (AvgIpc) is 3.14. The molecule has 2 atom stereocenters. The van der Waals surface area contributed by atoms with Crippen LogP contribution in [0.15, 0.2) is 24.3 Å². The lowest BCUT2D eigenvalue weighted by Gasteiger charge is -2.24. The molecule has 1 aliphatic rings. The second-order valence-electron chi connectivity index (χ2n) is 5.77. The van der Waals surface area contributed by atoms with Crippen LogP contribution < -0.4 is 9.64 Å². The van der Waals surface area contributed by atoms with Gasteiger partial charge in [0.2, 0.25) is 0 Å². The maximum atomic E-state index is 13.0. The molecule has 0 saturated heterocycles. The number of thiophene rings is 1. The molecular formula is C17H16ClNO5S. The SMILES string of the molecule is COc1ccc(C(=O)N2c3ccc(O)c(Cl)c3C(CC(=O)O)C2C)s1. The number of phenols is 1. The summed E-state index contributed by atoms with van der Waals surface area (Å²) in [5, 5.41) is 19.8. The number of fused-ring (bicyclic) bond motifs is 1. The van der Waals surface area contributed by atoms with Gasteiger partial charge in [-0.05, 0) is 31.2 Å². The number of carbonyl (C=O) groups is 2. The number of carboxylic acid groups (broad SMARTS) is 1. The summed E-state index contributed by atoms with van der Waals surface area (Å²) in [6.45, 7) is 1.78. The summed E-state index contributed by atoms with van der Waals surface area (Å²) in [7, 11) is 1.53. The van der Waals surface area contributed by atoms with Crippen molar-refractivity contribution in [3.63, 3.8) is 0 Å². The van der Waals surface area contributed by atoms with E-state index in [1.54, 1.807) is 30.0 Å². The summed E-state index contributed by atoms with van der Waals surface area (Å²) in [5.41, 5.74) is 1.02. The van der Waals surface area contributed by atoms with Gasteiger partial charge in [0.25, 0.3) is 5.91 Å². The number of methoxy groups -OCH3 is 1. The van der Waals surface area contributed by atoms with E-state index in [1.807, 2.05) is 0 Å². The van der Waals surface area contributed by atoms with Crippen LogP contribution in [-0.4, -0.2) is 35.2 Å². The number of benzene rings is 1. The van der Waals surface area contributed by atoms with E-state index in [2.05, 4.69) is 0 Å². The van der Waals surface area contributed by atoms with E-state index in [0.29, 0.717) is 21.2 Å². The summed E-state index contributed by atoms with van der Waals surface area (Å²) < 4.78 is 5.13. The predicted molar refractivity (Wildman–Crippen MR) is 95.3 cm³/mol. The molecule has 2 heterocycles. The second-order valence-corrected chi connectivity index (χ2v) is 7.20. The van der Waals surface area contributed by atoms with Gasteiger partial charge in [-0.1, -0.05) is 22.9 Å². The molecule has 2 unspecified atom stereocenters. The highest BCUT2D eigenvalue weighted by molar-refractivity contribution is 7.15. The van der Waals surface area contributed by atoms with Crippen LogP contribution >= 0.6 is 22.9 Å². The molecular weight excluding hydrogens is 366 g/mol. The highest BCUT2D eigenvalue weighted by Gasteiger charge is 2.42. The molecule has 6 nitrogen and oxygen atoms in total. The lowest BCUT2D eigenvalue weighted by Crippen LogP contribution is -2.37. The maximum absolute atomic E-state index is 13.0. The van der Waals surface area contributed by atoms with Crippen molar-refractivity contribution in [3.8, 4) is 10.8 Å². The maximum Gasteiger partial charge on any atom is 0.304 e. The van der Waals surface area contributed by atoms with Crippen LogP contribution in [0.1, 0.15) is 34.5 Å². The van der Waals surface area contributed by atoms with Crippen LogP contribution in [0, 0.1) is 0 Å². The topological polar surface area (TPSA) is 87.1 Å². The Hall–Kier alpha value is -2.25. The largest absolute Gasteiger partial charge is 0.506 e. The number of ether oxygens (including phenoxy) is 1. The van der Waals surface area contributed by atoms with Crippen molar-refractivity contribution >= 4 is 40.5 Å². The number of aromatic hydroxyl groups is 1. The molecule has 2 N–H and O–H groups in total. The van der Waals surface area contributed by atoms with E-state index in [-0.39, 0.29) is 23.1 Å². The zero-order valence-corrected chi connectivity index (χ0v) is 15.1. The van der Waals surface area contributed by atoms with Crippen molar-refractivity contribution < 1.29 is 24.5 Å². The lowest BCUT2D eigenvalue weighted by atomic mass is 9.92. The Kier molecular flexibility index (Phi) is 4.62. The van der Waals surface area contributed by atoms with E-state index in [1.165, 1.54) is 24.5 Å². The van der Waals surface area contributed by atoms with Crippen molar-refractivity contribution in [2.24, 2.45) is 0 Å². The molecule has 1 aliphatic heterocycles. The predicted octanol–water partition coefficient (Wildman–Crippen LogP) is 3.72. The van der Waals surface area contributed by atoms with E-state index >= 15 is 0 Å². The van der Waals surface area contributed by atoms with Gasteiger partial charge < -0.3 is 19.8 Å². The van der Waals surface area contributed by atoms with E-state index in [9.17, 15) is 19.8 Å². The van der Waals surface area contributed by atoms with Crippen LogP contribution in [0.2, 0.25) is 5.02 Å². The van der Waals surface area contributed by atoms with Gasteiger partial charge in [-0.25, -0.2) is 0 Å². The van der Waals surface area contributed by atoms with Crippen molar-refractivity contribution in [1.82, 2.24) is 0 Å². The minimum atomic E-state index is -0.991.